The van der Waals surface area contributed by atoms with Crippen LogP contribution in [-0.4, -0.2) is 19.2 Å². The van der Waals surface area contributed by atoms with Gasteiger partial charge >= 0.3 is 6.09 Å². The Morgan fingerprint density at radius 3 is 3.00 bits per heavy atom. The Labute approximate surface area is 87.2 Å². The number of carbonyl (C=O) groups excluding carboxylic acids is 1. The average molecular weight is 212 g/mol. The lowest BCUT2D eigenvalue weighted by atomic mass is 10.2. The number of carbonyl (C=O) groups is 1. The summed E-state index contributed by atoms with van der Waals surface area (Å²) in [5.74, 6) is -0.261. The highest BCUT2D eigenvalue weighted by atomic mass is 19.1. The molecule has 0 spiro atoms. The van der Waals surface area contributed by atoms with Gasteiger partial charge in [-0.15, -0.1) is 0 Å². The van der Waals surface area contributed by atoms with Crippen molar-refractivity contribution in [1.82, 2.24) is 5.32 Å². The second-order valence-corrected chi connectivity index (χ2v) is 2.97. The first-order valence-electron chi connectivity index (χ1n) is 4.56. The van der Waals surface area contributed by atoms with Crippen molar-refractivity contribution < 1.29 is 13.9 Å². The van der Waals surface area contributed by atoms with Crippen molar-refractivity contribution in [3.8, 4) is 0 Å². The highest BCUT2D eigenvalue weighted by Gasteiger charge is 1.95. The molecule has 0 atom stereocenters. The molecule has 0 aliphatic rings. The molecule has 0 radical (unpaired) electrons. The summed E-state index contributed by atoms with van der Waals surface area (Å²) in [6.07, 6.45) is -0.789. The van der Waals surface area contributed by atoms with Gasteiger partial charge in [-0.1, -0.05) is 12.1 Å². The fourth-order valence-electron chi connectivity index (χ4n) is 1.10. The highest BCUT2D eigenvalue weighted by Crippen LogP contribution is 2.02. The number of amides is 1. The van der Waals surface area contributed by atoms with Gasteiger partial charge in [0.2, 0.25) is 0 Å². The van der Waals surface area contributed by atoms with E-state index in [0.29, 0.717) is 13.1 Å². The number of halogens is 1. The number of nitrogens with one attached hydrogen (secondary N) is 1. The molecule has 82 valence electrons. The predicted molar refractivity (Wildman–Crippen MR) is 53.6 cm³/mol. The first-order valence-corrected chi connectivity index (χ1v) is 4.56. The van der Waals surface area contributed by atoms with E-state index in [1.54, 1.807) is 6.07 Å². The van der Waals surface area contributed by atoms with Crippen molar-refractivity contribution in [3.63, 3.8) is 0 Å². The second kappa shape index (κ2) is 5.98. The third-order valence-electron chi connectivity index (χ3n) is 1.74. The Hall–Kier alpha value is -1.62. The van der Waals surface area contributed by atoms with Crippen molar-refractivity contribution in [2.45, 2.75) is 6.54 Å². The monoisotopic (exact) mass is 212 g/mol. The van der Waals surface area contributed by atoms with Gasteiger partial charge < -0.3 is 15.8 Å². The summed E-state index contributed by atoms with van der Waals surface area (Å²) in [4.78, 5) is 10.2. The van der Waals surface area contributed by atoms with E-state index >= 15 is 0 Å². The lowest BCUT2D eigenvalue weighted by Crippen LogP contribution is -2.23. The molecule has 1 aromatic rings. The van der Waals surface area contributed by atoms with E-state index in [1.807, 2.05) is 6.07 Å². The maximum atomic E-state index is 12.7. The van der Waals surface area contributed by atoms with Crippen LogP contribution in [0.15, 0.2) is 24.3 Å². The van der Waals surface area contributed by atoms with Gasteiger partial charge in [-0.2, -0.15) is 0 Å². The fourth-order valence-corrected chi connectivity index (χ4v) is 1.10. The number of hydrogen-bond donors (Lipinski definition) is 2. The van der Waals surface area contributed by atoms with Crippen LogP contribution in [0.2, 0.25) is 0 Å². The molecule has 0 bridgehead atoms. The minimum atomic E-state index is -0.789. The van der Waals surface area contributed by atoms with Crippen LogP contribution in [-0.2, 0) is 11.3 Å². The molecule has 0 unspecified atom stereocenters. The fraction of sp³-hybridized carbons (Fsp3) is 0.300. The third-order valence-corrected chi connectivity index (χ3v) is 1.74. The van der Waals surface area contributed by atoms with Crippen LogP contribution in [0.3, 0.4) is 0 Å². The van der Waals surface area contributed by atoms with Gasteiger partial charge in [-0.25, -0.2) is 9.18 Å². The summed E-state index contributed by atoms with van der Waals surface area (Å²) >= 11 is 0. The number of benzene rings is 1. The maximum absolute atomic E-state index is 12.7. The summed E-state index contributed by atoms with van der Waals surface area (Å²) in [7, 11) is 0. The molecule has 15 heavy (non-hydrogen) atoms. The van der Waals surface area contributed by atoms with E-state index in [-0.39, 0.29) is 12.4 Å². The van der Waals surface area contributed by atoms with E-state index in [9.17, 15) is 9.18 Å². The van der Waals surface area contributed by atoms with Gasteiger partial charge in [0.15, 0.2) is 0 Å². The second-order valence-electron chi connectivity index (χ2n) is 2.97. The van der Waals surface area contributed by atoms with Gasteiger partial charge in [-0.3, -0.25) is 0 Å². The summed E-state index contributed by atoms with van der Waals surface area (Å²) < 4.78 is 17.2. The maximum Gasteiger partial charge on any atom is 0.404 e. The van der Waals surface area contributed by atoms with E-state index in [2.05, 4.69) is 10.1 Å². The van der Waals surface area contributed by atoms with Crippen LogP contribution in [0.4, 0.5) is 9.18 Å². The van der Waals surface area contributed by atoms with E-state index in [1.165, 1.54) is 12.1 Å². The van der Waals surface area contributed by atoms with Crippen LogP contribution >= 0.6 is 0 Å². The Kier molecular flexibility index (Phi) is 4.56. The van der Waals surface area contributed by atoms with Crippen molar-refractivity contribution in [2.75, 3.05) is 13.2 Å². The minimum absolute atomic E-state index is 0.213. The smallest absolute Gasteiger partial charge is 0.404 e. The quantitative estimate of drug-likeness (QED) is 0.716. The SMILES string of the molecule is NC(=O)OCCNCc1cccc(F)c1. The Morgan fingerprint density at radius 1 is 1.53 bits per heavy atom. The van der Waals surface area contributed by atoms with Crippen molar-refractivity contribution in [1.29, 1.82) is 0 Å². The molecule has 0 saturated heterocycles. The molecule has 0 aliphatic carbocycles. The zero-order valence-corrected chi connectivity index (χ0v) is 8.20. The Morgan fingerprint density at radius 2 is 2.33 bits per heavy atom. The molecule has 3 N–H and O–H groups in total. The summed E-state index contributed by atoms with van der Waals surface area (Å²) in [6.45, 7) is 1.23. The predicted octanol–water partition coefficient (Wildman–Crippen LogP) is 1.01. The lowest BCUT2D eigenvalue weighted by Gasteiger charge is -2.04. The molecular weight excluding hydrogens is 199 g/mol. The number of ether oxygens (including phenoxy) is 1. The van der Waals surface area contributed by atoms with Crippen LogP contribution in [0.25, 0.3) is 0 Å². The van der Waals surface area contributed by atoms with E-state index < -0.39 is 6.09 Å². The first kappa shape index (κ1) is 11.5. The largest absolute Gasteiger partial charge is 0.448 e. The van der Waals surface area contributed by atoms with Gasteiger partial charge in [0, 0.05) is 13.1 Å². The molecule has 4 nitrogen and oxygen atoms in total. The summed E-state index contributed by atoms with van der Waals surface area (Å²) in [5, 5.41) is 2.98. The molecule has 0 heterocycles. The number of rotatable bonds is 5. The van der Waals surface area contributed by atoms with Gasteiger partial charge in [0.25, 0.3) is 0 Å². The van der Waals surface area contributed by atoms with Crippen LogP contribution in [0.5, 0.6) is 0 Å². The zero-order chi connectivity index (χ0) is 11.1. The Balaban J connectivity index is 2.17. The summed E-state index contributed by atoms with van der Waals surface area (Å²) in [5.41, 5.74) is 5.61. The molecule has 1 rings (SSSR count). The molecule has 0 aromatic heterocycles. The lowest BCUT2D eigenvalue weighted by molar-refractivity contribution is 0.157. The van der Waals surface area contributed by atoms with Crippen molar-refractivity contribution >= 4 is 6.09 Å². The highest BCUT2D eigenvalue weighted by molar-refractivity contribution is 5.64. The normalized spacial score (nSPS) is 9.93. The van der Waals surface area contributed by atoms with Crippen molar-refractivity contribution in [3.05, 3.63) is 35.6 Å². The molecule has 0 saturated carbocycles. The van der Waals surface area contributed by atoms with E-state index in [0.717, 1.165) is 5.56 Å². The van der Waals surface area contributed by atoms with Gasteiger partial charge in [0.05, 0.1) is 0 Å². The molecule has 0 aliphatic heterocycles. The van der Waals surface area contributed by atoms with E-state index in [4.69, 9.17) is 5.73 Å². The molecule has 1 aromatic carbocycles. The first-order chi connectivity index (χ1) is 7.18. The van der Waals surface area contributed by atoms with Crippen molar-refractivity contribution in [2.24, 2.45) is 5.73 Å². The molecule has 1 amide bonds. The van der Waals surface area contributed by atoms with Crippen LogP contribution in [0.1, 0.15) is 5.56 Å². The topological polar surface area (TPSA) is 64.4 Å². The molecule has 5 heteroatoms. The number of nitrogens with two attached hydrogens (primary N) is 1. The zero-order valence-electron chi connectivity index (χ0n) is 8.20. The van der Waals surface area contributed by atoms with Crippen LogP contribution < -0.4 is 11.1 Å². The standard InChI is InChI=1S/C10H13FN2O2/c11-9-3-1-2-8(6-9)7-13-4-5-15-10(12)14/h1-3,6,13H,4-5,7H2,(H2,12,14). The van der Waals surface area contributed by atoms with Crippen LogP contribution in [0, 0.1) is 5.82 Å². The Bertz CT molecular complexity index is 331. The average Bonchev–Trinajstić information content (AvgIpc) is 2.17. The number of primary amides is 1. The minimum Gasteiger partial charge on any atom is -0.448 e. The molecular formula is C10H13FN2O2. The third kappa shape index (κ3) is 4.97. The number of hydrogen-bond acceptors (Lipinski definition) is 3. The van der Waals surface area contributed by atoms with Gasteiger partial charge in [-0.05, 0) is 17.7 Å². The molecule has 0 fully saturated rings. The summed E-state index contributed by atoms with van der Waals surface area (Å²) in [6, 6.07) is 6.29. The van der Waals surface area contributed by atoms with Gasteiger partial charge in [0.1, 0.15) is 12.4 Å².